The zero-order chi connectivity index (χ0) is 25.3. The second kappa shape index (κ2) is 9.73. The van der Waals surface area contributed by atoms with E-state index in [9.17, 15) is 9.59 Å². The standard InChI is InChI=1S/C28H36N4O4/c1-27(2)19-35-23-5-3-4-20(25(23)36-27)18-31-12-7-28(8-13-31)9-14-32(15-10-28)26(34)22-6-11-30-17-21(22)16-24(29)33/h3-6,11,17H,7-10,12-16,18-19H2,1-2H3,(H2,29,33). The van der Waals surface area contributed by atoms with Crippen molar-refractivity contribution in [2.75, 3.05) is 32.8 Å². The van der Waals surface area contributed by atoms with Crippen molar-refractivity contribution in [1.29, 1.82) is 0 Å². The minimum Gasteiger partial charge on any atom is -0.486 e. The molecule has 0 aliphatic carbocycles. The number of likely N-dealkylation sites (tertiary alicyclic amines) is 2. The van der Waals surface area contributed by atoms with Gasteiger partial charge in [0, 0.05) is 43.2 Å². The van der Waals surface area contributed by atoms with Crippen LogP contribution in [0.1, 0.15) is 61.0 Å². The number of pyridine rings is 1. The summed E-state index contributed by atoms with van der Waals surface area (Å²) >= 11 is 0. The summed E-state index contributed by atoms with van der Waals surface area (Å²) in [6, 6.07) is 7.87. The molecule has 2 fully saturated rings. The number of nitrogens with zero attached hydrogens (tertiary/aromatic N) is 3. The van der Waals surface area contributed by atoms with E-state index in [0.29, 0.717) is 23.1 Å². The molecule has 1 aromatic heterocycles. The van der Waals surface area contributed by atoms with Crippen LogP contribution in [0.2, 0.25) is 0 Å². The fourth-order valence-corrected chi connectivity index (χ4v) is 5.72. The number of nitrogens with two attached hydrogens (primary N) is 1. The second-order valence-electron chi connectivity index (χ2n) is 11.1. The third-order valence-corrected chi connectivity index (χ3v) is 7.93. The Morgan fingerprint density at radius 3 is 2.47 bits per heavy atom. The Morgan fingerprint density at radius 2 is 1.75 bits per heavy atom. The quantitative estimate of drug-likeness (QED) is 0.689. The number of carbonyl (C=O) groups is 2. The molecule has 2 aromatic rings. The van der Waals surface area contributed by atoms with E-state index in [1.165, 1.54) is 5.56 Å². The lowest BCUT2D eigenvalue weighted by molar-refractivity contribution is -0.117. The molecule has 3 aliphatic heterocycles. The van der Waals surface area contributed by atoms with Crippen LogP contribution in [0.25, 0.3) is 0 Å². The number of hydrogen-bond donors (Lipinski definition) is 1. The highest BCUT2D eigenvalue weighted by Crippen LogP contribution is 2.43. The van der Waals surface area contributed by atoms with Gasteiger partial charge >= 0.3 is 0 Å². The second-order valence-corrected chi connectivity index (χ2v) is 11.1. The Labute approximate surface area is 212 Å². The van der Waals surface area contributed by atoms with Crippen LogP contribution >= 0.6 is 0 Å². The van der Waals surface area contributed by atoms with Gasteiger partial charge in [-0.05, 0) is 75.7 Å². The predicted molar refractivity (Wildman–Crippen MR) is 136 cm³/mol. The number of benzene rings is 1. The number of amides is 2. The van der Waals surface area contributed by atoms with Crippen LogP contribution in [-0.2, 0) is 17.8 Å². The highest BCUT2D eigenvalue weighted by Gasteiger charge is 2.39. The summed E-state index contributed by atoms with van der Waals surface area (Å²) in [7, 11) is 0. The van der Waals surface area contributed by atoms with Gasteiger partial charge < -0.3 is 20.1 Å². The predicted octanol–water partition coefficient (Wildman–Crippen LogP) is 3.18. The van der Waals surface area contributed by atoms with Gasteiger partial charge in [0.2, 0.25) is 5.91 Å². The van der Waals surface area contributed by atoms with Crippen LogP contribution in [0.3, 0.4) is 0 Å². The number of carbonyl (C=O) groups excluding carboxylic acids is 2. The van der Waals surface area contributed by atoms with Crippen molar-refractivity contribution in [2.45, 2.75) is 58.1 Å². The van der Waals surface area contributed by atoms with E-state index in [1.807, 2.05) is 17.0 Å². The van der Waals surface area contributed by atoms with Crippen molar-refractivity contribution >= 4 is 11.8 Å². The Hall–Kier alpha value is -3.13. The van der Waals surface area contributed by atoms with Gasteiger partial charge in [-0.25, -0.2) is 0 Å². The topological polar surface area (TPSA) is 98.0 Å². The Kier molecular flexibility index (Phi) is 6.64. The van der Waals surface area contributed by atoms with Crippen LogP contribution < -0.4 is 15.2 Å². The van der Waals surface area contributed by atoms with Crippen LogP contribution in [0.5, 0.6) is 11.5 Å². The van der Waals surface area contributed by atoms with Gasteiger partial charge in [0.1, 0.15) is 12.2 Å². The lowest BCUT2D eigenvalue weighted by Crippen LogP contribution is -2.48. The summed E-state index contributed by atoms with van der Waals surface area (Å²) in [4.78, 5) is 33.1. The van der Waals surface area contributed by atoms with Crippen LogP contribution in [0, 0.1) is 5.41 Å². The van der Waals surface area contributed by atoms with Gasteiger partial charge in [0.05, 0.1) is 6.42 Å². The molecule has 8 nitrogen and oxygen atoms in total. The minimum atomic E-state index is -0.458. The third kappa shape index (κ3) is 5.19. The molecule has 1 aromatic carbocycles. The van der Waals surface area contributed by atoms with Crippen molar-refractivity contribution in [1.82, 2.24) is 14.8 Å². The molecule has 0 saturated carbocycles. The van der Waals surface area contributed by atoms with E-state index in [-0.39, 0.29) is 17.9 Å². The molecular formula is C28H36N4O4. The largest absolute Gasteiger partial charge is 0.486 e. The van der Waals surface area contributed by atoms with Crippen molar-refractivity contribution < 1.29 is 19.1 Å². The van der Waals surface area contributed by atoms with E-state index in [0.717, 1.165) is 69.9 Å². The molecule has 5 rings (SSSR count). The number of para-hydroxylation sites is 1. The summed E-state index contributed by atoms with van der Waals surface area (Å²) < 4.78 is 12.2. The molecular weight excluding hydrogens is 456 g/mol. The maximum absolute atomic E-state index is 13.2. The average Bonchev–Trinajstić information content (AvgIpc) is 2.86. The molecule has 0 unspecified atom stereocenters. The first kappa shape index (κ1) is 24.6. The SMILES string of the molecule is CC1(C)COc2cccc(CN3CCC4(CC3)CCN(C(=O)c3ccncc3CC(N)=O)CC4)c2O1. The smallest absolute Gasteiger partial charge is 0.254 e. The van der Waals surface area contributed by atoms with E-state index < -0.39 is 5.91 Å². The summed E-state index contributed by atoms with van der Waals surface area (Å²) in [5, 5.41) is 0. The Morgan fingerprint density at radius 1 is 1.03 bits per heavy atom. The van der Waals surface area contributed by atoms with E-state index in [1.54, 1.807) is 18.5 Å². The molecule has 0 atom stereocenters. The molecule has 36 heavy (non-hydrogen) atoms. The van der Waals surface area contributed by atoms with Crippen molar-refractivity contribution in [3.63, 3.8) is 0 Å². The van der Waals surface area contributed by atoms with Gasteiger partial charge in [-0.15, -0.1) is 0 Å². The molecule has 2 saturated heterocycles. The maximum Gasteiger partial charge on any atom is 0.254 e. The van der Waals surface area contributed by atoms with Crippen LogP contribution in [0.4, 0.5) is 0 Å². The number of fused-ring (bicyclic) bond motifs is 1. The van der Waals surface area contributed by atoms with E-state index in [4.69, 9.17) is 15.2 Å². The molecule has 3 aliphatic rings. The molecule has 1 spiro atoms. The van der Waals surface area contributed by atoms with E-state index in [2.05, 4.69) is 29.8 Å². The van der Waals surface area contributed by atoms with Crippen molar-refractivity contribution in [3.8, 4) is 11.5 Å². The van der Waals surface area contributed by atoms with Crippen molar-refractivity contribution in [3.05, 3.63) is 53.3 Å². The first-order valence-electron chi connectivity index (χ1n) is 12.9. The third-order valence-electron chi connectivity index (χ3n) is 7.93. The number of hydrogen-bond acceptors (Lipinski definition) is 6. The summed E-state index contributed by atoms with van der Waals surface area (Å²) in [6.07, 6.45) is 7.48. The number of rotatable bonds is 5. The average molecular weight is 493 g/mol. The minimum absolute atomic E-state index is 0.0278. The zero-order valence-corrected chi connectivity index (χ0v) is 21.3. The lowest BCUT2D eigenvalue weighted by Gasteiger charge is -2.47. The molecule has 4 heterocycles. The summed E-state index contributed by atoms with van der Waals surface area (Å²) in [5.74, 6) is 1.23. The fraction of sp³-hybridized carbons (Fsp3) is 0.536. The first-order valence-corrected chi connectivity index (χ1v) is 12.9. The lowest BCUT2D eigenvalue weighted by atomic mass is 9.71. The van der Waals surface area contributed by atoms with Gasteiger partial charge in [-0.1, -0.05) is 12.1 Å². The fourth-order valence-electron chi connectivity index (χ4n) is 5.72. The molecule has 2 N–H and O–H groups in total. The Balaban J connectivity index is 1.17. The van der Waals surface area contributed by atoms with Gasteiger partial charge in [0.15, 0.2) is 11.5 Å². The molecule has 192 valence electrons. The molecule has 2 amide bonds. The van der Waals surface area contributed by atoms with Gasteiger partial charge in [-0.2, -0.15) is 0 Å². The summed E-state index contributed by atoms with van der Waals surface area (Å²) in [6.45, 7) is 9.08. The maximum atomic E-state index is 13.2. The van der Waals surface area contributed by atoms with Crippen LogP contribution in [0.15, 0.2) is 36.7 Å². The highest BCUT2D eigenvalue weighted by atomic mass is 16.6. The van der Waals surface area contributed by atoms with Crippen molar-refractivity contribution in [2.24, 2.45) is 11.1 Å². The highest BCUT2D eigenvalue weighted by molar-refractivity contribution is 5.96. The number of piperidine rings is 2. The van der Waals surface area contributed by atoms with Crippen LogP contribution in [-0.4, -0.2) is 65.0 Å². The zero-order valence-electron chi connectivity index (χ0n) is 21.3. The van der Waals surface area contributed by atoms with E-state index >= 15 is 0 Å². The normalized spacial score (nSPS) is 20.8. The molecule has 0 bridgehead atoms. The van der Waals surface area contributed by atoms with Gasteiger partial charge in [-0.3, -0.25) is 19.5 Å². The summed E-state index contributed by atoms with van der Waals surface area (Å²) in [5.41, 5.74) is 7.65. The Bertz CT molecular complexity index is 1130. The number of ether oxygens (including phenoxy) is 2. The van der Waals surface area contributed by atoms with Gasteiger partial charge in [0.25, 0.3) is 5.91 Å². The first-order chi connectivity index (χ1) is 17.2. The molecule has 8 heteroatoms. The number of primary amides is 1. The molecule has 0 radical (unpaired) electrons. The monoisotopic (exact) mass is 492 g/mol. The number of aromatic nitrogens is 1.